The molecule has 0 aliphatic carbocycles. The van der Waals surface area contributed by atoms with E-state index in [0.717, 1.165) is 13.0 Å². The fourth-order valence-electron chi connectivity index (χ4n) is 2.71. The first kappa shape index (κ1) is 17.7. The zero-order chi connectivity index (χ0) is 15.5. The number of rotatable bonds is 12. The van der Waals surface area contributed by atoms with E-state index in [-0.39, 0.29) is 6.42 Å². The van der Waals surface area contributed by atoms with Gasteiger partial charge >= 0.3 is 0 Å². The summed E-state index contributed by atoms with van der Waals surface area (Å²) < 4.78 is 4.33. The Bertz CT molecular complexity index is 413. The lowest BCUT2D eigenvalue weighted by Crippen LogP contribution is -2.32. The molecule has 0 bridgehead atoms. The van der Waals surface area contributed by atoms with E-state index in [4.69, 9.17) is 0 Å². The molecule has 0 amide bonds. The van der Waals surface area contributed by atoms with Crippen LogP contribution in [0.5, 0.6) is 0 Å². The van der Waals surface area contributed by atoms with Crippen LogP contribution < -0.4 is 9.67 Å². The van der Waals surface area contributed by atoms with Crippen LogP contribution in [0.3, 0.4) is 0 Å². The SMILES string of the molecule is CCCCCCCCCc1n(CCCC(=O)[O-])cc[n+]1C. The van der Waals surface area contributed by atoms with Gasteiger partial charge in [-0.1, -0.05) is 45.4 Å². The van der Waals surface area contributed by atoms with Crippen LogP contribution in [0.2, 0.25) is 0 Å². The monoisotopic (exact) mass is 294 g/mol. The van der Waals surface area contributed by atoms with Crippen LogP contribution in [0.25, 0.3) is 0 Å². The first-order valence-electron chi connectivity index (χ1n) is 8.38. The average molecular weight is 294 g/mol. The number of carbonyl (C=O) groups is 1. The van der Waals surface area contributed by atoms with Gasteiger partial charge in [0.25, 0.3) is 5.82 Å². The summed E-state index contributed by atoms with van der Waals surface area (Å²) in [4.78, 5) is 10.5. The molecular formula is C17H30N2O2. The van der Waals surface area contributed by atoms with Gasteiger partial charge in [-0.05, 0) is 19.3 Å². The smallest absolute Gasteiger partial charge is 0.256 e. The molecular weight excluding hydrogens is 264 g/mol. The summed E-state index contributed by atoms with van der Waals surface area (Å²) in [5.74, 6) is 0.335. The summed E-state index contributed by atoms with van der Waals surface area (Å²) >= 11 is 0. The fourth-order valence-corrected chi connectivity index (χ4v) is 2.71. The van der Waals surface area contributed by atoms with Gasteiger partial charge in [0.05, 0.1) is 13.6 Å². The Morgan fingerprint density at radius 3 is 2.48 bits per heavy atom. The van der Waals surface area contributed by atoms with Gasteiger partial charge in [-0.25, -0.2) is 9.13 Å². The van der Waals surface area contributed by atoms with E-state index in [0.29, 0.717) is 6.42 Å². The highest BCUT2D eigenvalue weighted by Gasteiger charge is 2.13. The summed E-state index contributed by atoms with van der Waals surface area (Å²) in [6.45, 7) is 3.01. The Morgan fingerprint density at radius 2 is 1.81 bits per heavy atom. The van der Waals surface area contributed by atoms with Gasteiger partial charge < -0.3 is 9.90 Å². The molecule has 0 saturated carbocycles. The molecule has 1 heterocycles. The van der Waals surface area contributed by atoms with Gasteiger partial charge in [-0.2, -0.15) is 0 Å². The molecule has 4 nitrogen and oxygen atoms in total. The number of aliphatic carboxylic acids is 1. The molecule has 0 aromatic carbocycles. The van der Waals surface area contributed by atoms with Crippen molar-refractivity contribution in [1.29, 1.82) is 0 Å². The number of aryl methyl sites for hydroxylation is 2. The normalized spacial score (nSPS) is 11.0. The molecule has 4 heteroatoms. The van der Waals surface area contributed by atoms with Crippen LogP contribution in [0.4, 0.5) is 0 Å². The Balaban J connectivity index is 2.27. The Kier molecular flexibility index (Phi) is 8.79. The van der Waals surface area contributed by atoms with Crippen molar-refractivity contribution in [2.45, 2.75) is 77.7 Å². The third-order valence-corrected chi connectivity index (χ3v) is 3.99. The minimum Gasteiger partial charge on any atom is -0.550 e. The molecule has 0 spiro atoms. The summed E-state index contributed by atoms with van der Waals surface area (Å²) in [7, 11) is 2.06. The van der Waals surface area contributed by atoms with Crippen LogP contribution in [0, 0.1) is 0 Å². The molecule has 21 heavy (non-hydrogen) atoms. The number of aromatic nitrogens is 2. The summed E-state index contributed by atoms with van der Waals surface area (Å²) in [6, 6.07) is 0. The van der Waals surface area contributed by atoms with E-state index in [9.17, 15) is 9.90 Å². The maximum atomic E-state index is 10.5. The predicted molar refractivity (Wildman–Crippen MR) is 81.5 cm³/mol. The van der Waals surface area contributed by atoms with Crippen LogP contribution in [0.15, 0.2) is 12.4 Å². The van der Waals surface area contributed by atoms with Crippen molar-refractivity contribution >= 4 is 5.97 Å². The minimum atomic E-state index is -0.958. The van der Waals surface area contributed by atoms with Crippen molar-refractivity contribution < 1.29 is 14.5 Å². The largest absolute Gasteiger partial charge is 0.550 e. The van der Waals surface area contributed by atoms with E-state index in [1.165, 1.54) is 50.8 Å². The predicted octanol–water partition coefficient (Wildman–Crippen LogP) is 2.14. The highest BCUT2D eigenvalue weighted by Crippen LogP contribution is 2.10. The Labute approximate surface area is 128 Å². The molecule has 1 aromatic rings. The van der Waals surface area contributed by atoms with Crippen molar-refractivity contribution in [2.75, 3.05) is 0 Å². The van der Waals surface area contributed by atoms with Crippen molar-refractivity contribution in [1.82, 2.24) is 4.57 Å². The number of carboxylic acid groups (broad SMARTS) is 1. The van der Waals surface area contributed by atoms with Crippen molar-refractivity contribution in [2.24, 2.45) is 7.05 Å². The molecule has 0 fully saturated rings. The van der Waals surface area contributed by atoms with E-state index < -0.39 is 5.97 Å². The maximum Gasteiger partial charge on any atom is 0.256 e. The van der Waals surface area contributed by atoms with Crippen molar-refractivity contribution in [3.05, 3.63) is 18.2 Å². The number of nitrogens with zero attached hydrogens (tertiary/aromatic N) is 2. The molecule has 0 aliphatic heterocycles. The molecule has 0 aliphatic rings. The standard InChI is InChI=1S/C17H30N2O2/c1-3-4-5-6-7-8-9-11-16-18(2)14-15-19(16)13-10-12-17(20)21/h14-15H,3-13H2,1-2H3. The second kappa shape index (κ2) is 10.4. The molecule has 0 N–H and O–H groups in total. The first-order chi connectivity index (χ1) is 10.1. The second-order valence-corrected chi connectivity index (χ2v) is 5.87. The van der Waals surface area contributed by atoms with E-state index in [1.54, 1.807) is 0 Å². The average Bonchev–Trinajstić information content (AvgIpc) is 2.79. The van der Waals surface area contributed by atoms with Gasteiger partial charge in [0, 0.05) is 12.4 Å². The van der Waals surface area contributed by atoms with Crippen LogP contribution in [-0.2, 0) is 24.8 Å². The van der Waals surface area contributed by atoms with Crippen LogP contribution in [0.1, 0.15) is 70.5 Å². The number of unbranched alkanes of at least 4 members (excludes halogenated alkanes) is 6. The van der Waals surface area contributed by atoms with Crippen molar-refractivity contribution in [3.63, 3.8) is 0 Å². The second-order valence-electron chi connectivity index (χ2n) is 5.87. The van der Waals surface area contributed by atoms with Gasteiger partial charge in [-0.3, -0.25) is 0 Å². The molecule has 1 rings (SSSR count). The molecule has 0 atom stereocenters. The van der Waals surface area contributed by atoms with E-state index >= 15 is 0 Å². The molecule has 1 aromatic heterocycles. The lowest BCUT2D eigenvalue weighted by molar-refractivity contribution is -0.678. The minimum absolute atomic E-state index is 0.138. The number of hydrogen-bond acceptors (Lipinski definition) is 2. The van der Waals surface area contributed by atoms with Gasteiger partial charge in [-0.15, -0.1) is 0 Å². The molecule has 0 unspecified atom stereocenters. The molecule has 120 valence electrons. The summed E-state index contributed by atoms with van der Waals surface area (Å²) in [6.07, 6.45) is 15.2. The summed E-state index contributed by atoms with van der Waals surface area (Å²) in [5.41, 5.74) is 0. The zero-order valence-electron chi connectivity index (χ0n) is 13.6. The third-order valence-electron chi connectivity index (χ3n) is 3.99. The summed E-state index contributed by atoms with van der Waals surface area (Å²) in [5, 5.41) is 10.5. The van der Waals surface area contributed by atoms with Gasteiger partial charge in [0.15, 0.2) is 0 Å². The lowest BCUT2D eigenvalue weighted by atomic mass is 10.1. The third kappa shape index (κ3) is 7.30. The van der Waals surface area contributed by atoms with Gasteiger partial charge in [0.1, 0.15) is 12.4 Å². The van der Waals surface area contributed by atoms with Crippen LogP contribution >= 0.6 is 0 Å². The zero-order valence-corrected chi connectivity index (χ0v) is 13.6. The number of hydrogen-bond donors (Lipinski definition) is 0. The van der Waals surface area contributed by atoms with E-state index in [1.807, 2.05) is 6.20 Å². The first-order valence-corrected chi connectivity index (χ1v) is 8.38. The van der Waals surface area contributed by atoms with Crippen molar-refractivity contribution in [3.8, 4) is 0 Å². The molecule has 0 radical (unpaired) electrons. The lowest BCUT2D eigenvalue weighted by Gasteiger charge is -2.04. The topological polar surface area (TPSA) is 48.9 Å². The Morgan fingerprint density at radius 1 is 1.14 bits per heavy atom. The van der Waals surface area contributed by atoms with Gasteiger partial charge in [0.2, 0.25) is 0 Å². The highest BCUT2D eigenvalue weighted by molar-refractivity contribution is 5.64. The maximum absolute atomic E-state index is 10.5. The number of carbonyl (C=O) groups excluding carboxylic acids is 1. The quantitative estimate of drug-likeness (QED) is 0.438. The van der Waals surface area contributed by atoms with Crippen LogP contribution in [-0.4, -0.2) is 10.5 Å². The highest BCUT2D eigenvalue weighted by atomic mass is 16.4. The number of imidazole rings is 1. The Hall–Kier alpha value is -1.32. The fraction of sp³-hybridized carbons (Fsp3) is 0.765. The van der Waals surface area contributed by atoms with E-state index in [2.05, 4.69) is 29.3 Å². The number of carboxylic acids is 1. The molecule has 0 saturated heterocycles.